The van der Waals surface area contributed by atoms with Gasteiger partial charge in [0, 0.05) is 16.5 Å². The number of hydrogen-bond acceptors (Lipinski definition) is 7. The van der Waals surface area contributed by atoms with E-state index in [0.29, 0.717) is 51.0 Å². The molecule has 8 heteroatoms. The largest absolute Gasteiger partial charge is 0.497 e. The van der Waals surface area contributed by atoms with E-state index in [4.69, 9.17) is 14.5 Å². The fourth-order valence-electron chi connectivity index (χ4n) is 7.03. The average Bonchev–Trinajstić information content (AvgIpc) is 3.72. The highest BCUT2D eigenvalue weighted by Gasteiger charge is 2.61. The van der Waals surface area contributed by atoms with Crippen LogP contribution in [0.4, 0.5) is 5.69 Å². The van der Waals surface area contributed by atoms with Gasteiger partial charge in [0.05, 0.1) is 41.4 Å². The Labute approximate surface area is 242 Å². The van der Waals surface area contributed by atoms with Crippen molar-refractivity contribution >= 4 is 40.2 Å². The number of methoxy groups -OCH3 is 1. The van der Waals surface area contributed by atoms with Crippen LogP contribution in [-0.2, 0) is 14.3 Å². The fraction of sp³-hybridized carbons (Fsp3) is 0.265. The molecule has 2 bridgehead atoms. The molecule has 3 aliphatic rings. The third-order valence-corrected chi connectivity index (χ3v) is 9.01. The van der Waals surface area contributed by atoms with Gasteiger partial charge in [-0.3, -0.25) is 19.3 Å². The topological polar surface area (TPSA) is 103 Å². The molecule has 4 aromatic rings. The SMILES string of the molecule is COc1cccc(C(=O)COC(=O)c2cc(-c3ccc(N4C(=O)[C@H]5[C@@H]6CC[C@@H](C6)[C@@H]5C4=O)cc3)nc3ccccc23)c1. The van der Waals surface area contributed by atoms with Crippen LogP contribution in [-0.4, -0.2) is 42.3 Å². The van der Waals surface area contributed by atoms with Crippen LogP contribution >= 0.6 is 0 Å². The third-order valence-electron chi connectivity index (χ3n) is 9.01. The van der Waals surface area contributed by atoms with Crippen LogP contribution in [0, 0.1) is 23.7 Å². The fourth-order valence-corrected chi connectivity index (χ4v) is 7.03. The number of imide groups is 1. The lowest BCUT2D eigenvalue weighted by molar-refractivity contribution is -0.123. The number of nitrogens with zero attached hydrogens (tertiary/aromatic N) is 2. The van der Waals surface area contributed by atoms with Crippen molar-refractivity contribution in [3.8, 4) is 17.0 Å². The van der Waals surface area contributed by atoms with E-state index < -0.39 is 12.6 Å². The van der Waals surface area contributed by atoms with Crippen molar-refractivity contribution in [3.05, 3.63) is 90.0 Å². The molecule has 0 N–H and O–H groups in total. The van der Waals surface area contributed by atoms with Crippen LogP contribution in [0.2, 0.25) is 0 Å². The van der Waals surface area contributed by atoms with Crippen LogP contribution in [0.5, 0.6) is 5.75 Å². The molecule has 3 aromatic carbocycles. The molecular formula is C34H28N2O6. The number of rotatable bonds is 7. The molecule has 0 spiro atoms. The molecule has 2 heterocycles. The van der Waals surface area contributed by atoms with Gasteiger partial charge in [-0.15, -0.1) is 0 Å². The summed E-state index contributed by atoms with van der Waals surface area (Å²) >= 11 is 0. The number of ketones is 1. The second kappa shape index (κ2) is 10.2. The number of benzene rings is 3. The molecule has 1 aliphatic heterocycles. The molecule has 2 aliphatic carbocycles. The number of amides is 2. The van der Waals surface area contributed by atoms with Gasteiger partial charge in [-0.2, -0.15) is 0 Å². The second-order valence-corrected chi connectivity index (χ2v) is 11.2. The van der Waals surface area contributed by atoms with Gasteiger partial charge in [-0.25, -0.2) is 9.78 Å². The summed E-state index contributed by atoms with van der Waals surface area (Å²) in [6, 6.07) is 22.7. The Morgan fingerprint density at radius 2 is 1.60 bits per heavy atom. The van der Waals surface area contributed by atoms with E-state index in [1.807, 2.05) is 12.1 Å². The van der Waals surface area contributed by atoms with Gasteiger partial charge in [-0.05, 0) is 67.5 Å². The number of aromatic nitrogens is 1. The highest BCUT2D eigenvalue weighted by atomic mass is 16.5. The summed E-state index contributed by atoms with van der Waals surface area (Å²) in [6.45, 7) is -0.422. The predicted molar refractivity (Wildman–Crippen MR) is 155 cm³/mol. The molecule has 210 valence electrons. The predicted octanol–water partition coefficient (Wildman–Crippen LogP) is 5.49. The number of anilines is 1. The highest BCUT2D eigenvalue weighted by Crippen LogP contribution is 2.56. The maximum Gasteiger partial charge on any atom is 0.339 e. The number of carbonyl (C=O) groups is 4. The minimum atomic E-state index is -0.642. The Balaban J connectivity index is 1.14. The van der Waals surface area contributed by atoms with Crippen molar-refractivity contribution in [1.82, 2.24) is 4.98 Å². The normalized spacial score (nSPS) is 22.5. The van der Waals surface area contributed by atoms with Crippen molar-refractivity contribution in [2.24, 2.45) is 23.7 Å². The molecule has 8 nitrogen and oxygen atoms in total. The molecule has 4 atom stereocenters. The monoisotopic (exact) mass is 560 g/mol. The standard InChI is InChI=1S/C34H28N2O6/c1-41-24-6-4-5-20(16-24)29(37)18-42-34(40)26-17-28(35-27-8-3-2-7-25(26)27)19-11-13-23(14-12-19)36-32(38)30-21-9-10-22(15-21)31(30)33(36)39/h2-8,11-14,16-17,21-22,30-31H,9-10,15,18H2,1H3/t21-,22+,30-,31-/m0/s1. The Kier molecular flexibility index (Phi) is 6.34. The van der Waals surface area contributed by atoms with Gasteiger partial charge in [0.1, 0.15) is 5.75 Å². The van der Waals surface area contributed by atoms with Gasteiger partial charge in [0.25, 0.3) is 0 Å². The van der Waals surface area contributed by atoms with E-state index in [-0.39, 0.29) is 35.0 Å². The molecule has 1 aromatic heterocycles. The molecule has 2 amide bonds. The van der Waals surface area contributed by atoms with Crippen LogP contribution in [0.3, 0.4) is 0 Å². The first kappa shape index (κ1) is 26.1. The lowest BCUT2D eigenvalue weighted by Crippen LogP contribution is -2.32. The summed E-state index contributed by atoms with van der Waals surface area (Å²) in [5.41, 5.74) is 3.06. The van der Waals surface area contributed by atoms with Crippen molar-refractivity contribution in [1.29, 1.82) is 0 Å². The molecule has 0 radical (unpaired) electrons. The van der Waals surface area contributed by atoms with Crippen LogP contribution in [0.25, 0.3) is 22.2 Å². The maximum absolute atomic E-state index is 13.3. The first-order valence-electron chi connectivity index (χ1n) is 14.2. The summed E-state index contributed by atoms with van der Waals surface area (Å²) in [5, 5.41) is 0.603. The first-order chi connectivity index (χ1) is 20.4. The number of pyridine rings is 1. The molecule has 7 rings (SSSR count). The van der Waals surface area contributed by atoms with E-state index in [0.717, 1.165) is 19.3 Å². The van der Waals surface area contributed by atoms with Crippen LogP contribution < -0.4 is 9.64 Å². The lowest BCUT2D eigenvalue weighted by Gasteiger charge is -2.19. The molecule has 2 saturated carbocycles. The third kappa shape index (κ3) is 4.26. The van der Waals surface area contributed by atoms with Crippen molar-refractivity contribution in [3.63, 3.8) is 0 Å². The summed E-state index contributed by atoms with van der Waals surface area (Å²) in [5.74, 6) is -0.319. The summed E-state index contributed by atoms with van der Waals surface area (Å²) < 4.78 is 10.6. The zero-order valence-corrected chi connectivity index (χ0v) is 23.0. The number of Topliss-reactive ketones (excluding diaryl/α,β-unsaturated/α-hetero) is 1. The van der Waals surface area contributed by atoms with Crippen molar-refractivity contribution in [2.75, 3.05) is 18.6 Å². The quantitative estimate of drug-likeness (QED) is 0.167. The Morgan fingerprint density at radius 1 is 0.881 bits per heavy atom. The number of hydrogen-bond donors (Lipinski definition) is 0. The van der Waals surface area contributed by atoms with Crippen LogP contribution in [0.15, 0.2) is 78.9 Å². The first-order valence-corrected chi connectivity index (χ1v) is 14.2. The number of ether oxygens (including phenoxy) is 2. The lowest BCUT2D eigenvalue weighted by atomic mass is 9.81. The average molecular weight is 561 g/mol. The van der Waals surface area contributed by atoms with Gasteiger partial charge in [-0.1, -0.05) is 42.5 Å². The summed E-state index contributed by atoms with van der Waals surface area (Å²) in [6.07, 6.45) is 3.06. The zero-order chi connectivity index (χ0) is 29.0. The molecule has 0 unspecified atom stereocenters. The van der Waals surface area contributed by atoms with E-state index in [1.165, 1.54) is 12.0 Å². The van der Waals surface area contributed by atoms with E-state index in [2.05, 4.69) is 0 Å². The minimum Gasteiger partial charge on any atom is -0.497 e. The van der Waals surface area contributed by atoms with Gasteiger partial charge >= 0.3 is 5.97 Å². The smallest absolute Gasteiger partial charge is 0.339 e. The molecule has 42 heavy (non-hydrogen) atoms. The van der Waals surface area contributed by atoms with Gasteiger partial charge in [0.2, 0.25) is 11.8 Å². The summed E-state index contributed by atoms with van der Waals surface area (Å²) in [4.78, 5) is 58.6. The number of carbonyl (C=O) groups excluding carboxylic acids is 4. The molecule has 1 saturated heterocycles. The number of fused-ring (bicyclic) bond motifs is 6. The maximum atomic E-state index is 13.3. The van der Waals surface area contributed by atoms with E-state index >= 15 is 0 Å². The number of para-hydroxylation sites is 1. The Morgan fingerprint density at radius 3 is 2.31 bits per heavy atom. The molecule has 3 fully saturated rings. The van der Waals surface area contributed by atoms with E-state index in [1.54, 1.807) is 66.7 Å². The van der Waals surface area contributed by atoms with Gasteiger partial charge in [0.15, 0.2) is 12.4 Å². The minimum absolute atomic E-state index is 0.0812. The Hall–Kier alpha value is -4.85. The van der Waals surface area contributed by atoms with Gasteiger partial charge < -0.3 is 9.47 Å². The zero-order valence-electron chi connectivity index (χ0n) is 23.0. The van der Waals surface area contributed by atoms with E-state index in [9.17, 15) is 19.2 Å². The summed E-state index contributed by atoms with van der Waals surface area (Å²) in [7, 11) is 1.52. The van der Waals surface area contributed by atoms with Crippen LogP contribution in [0.1, 0.15) is 40.0 Å². The highest BCUT2D eigenvalue weighted by molar-refractivity contribution is 6.22. The Bertz CT molecular complexity index is 1740. The second-order valence-electron chi connectivity index (χ2n) is 11.2. The molecular weight excluding hydrogens is 532 g/mol. The van der Waals surface area contributed by atoms with Crippen molar-refractivity contribution in [2.45, 2.75) is 19.3 Å². The van der Waals surface area contributed by atoms with Crippen molar-refractivity contribution < 1.29 is 28.7 Å². The number of esters is 1.